The lowest BCUT2D eigenvalue weighted by Crippen LogP contribution is -2.41. The van der Waals surface area contributed by atoms with Crippen LogP contribution in [0.4, 0.5) is 0 Å². The molecule has 1 amide bonds. The third-order valence-electron chi connectivity index (χ3n) is 5.39. The number of carbonyl (C=O) groups excluding carboxylic acids is 1. The van der Waals surface area contributed by atoms with Gasteiger partial charge in [0.05, 0.1) is 5.52 Å². The van der Waals surface area contributed by atoms with E-state index in [0.717, 1.165) is 36.8 Å². The van der Waals surface area contributed by atoms with Crippen LogP contribution in [-0.2, 0) is 11.3 Å². The molecule has 1 aliphatic heterocycles. The van der Waals surface area contributed by atoms with Crippen LogP contribution in [-0.4, -0.2) is 43.1 Å². The Morgan fingerprint density at radius 3 is 2.63 bits per heavy atom. The van der Waals surface area contributed by atoms with Gasteiger partial charge in [-0.2, -0.15) is 0 Å². The normalized spacial score (nSPS) is 15.9. The Morgan fingerprint density at radius 2 is 1.93 bits per heavy atom. The summed E-state index contributed by atoms with van der Waals surface area (Å²) in [5.74, 6) is 1.33. The molecule has 0 N–H and O–H groups in total. The molecule has 27 heavy (non-hydrogen) atoms. The van der Waals surface area contributed by atoms with Crippen LogP contribution in [0.15, 0.2) is 29.1 Å². The fraction of sp³-hybridized carbons (Fsp3) is 0.500. The van der Waals surface area contributed by atoms with Crippen LogP contribution in [0, 0.1) is 5.92 Å². The molecule has 7 heteroatoms. The Balaban J connectivity index is 1.77. The number of hydrogen-bond donors (Lipinski definition) is 0. The van der Waals surface area contributed by atoms with Crippen LogP contribution in [0.5, 0.6) is 0 Å². The number of fused-ring (bicyclic) bond motifs is 3. The first-order chi connectivity index (χ1) is 13.0. The van der Waals surface area contributed by atoms with E-state index in [4.69, 9.17) is 0 Å². The van der Waals surface area contributed by atoms with Crippen molar-refractivity contribution in [2.24, 2.45) is 5.92 Å². The van der Waals surface area contributed by atoms with Gasteiger partial charge in [-0.3, -0.25) is 4.79 Å². The SMILES string of the molecule is CC1CCN(C(=O)Cn2nc3c4ccccc4nc(C(C)C)n3c2=O)CC1. The molecular formula is C20H25N5O2. The second kappa shape index (κ2) is 6.79. The van der Waals surface area contributed by atoms with Crippen LogP contribution in [0.25, 0.3) is 16.6 Å². The fourth-order valence-electron chi connectivity index (χ4n) is 3.70. The van der Waals surface area contributed by atoms with E-state index in [1.165, 1.54) is 4.68 Å². The number of likely N-dealkylation sites (tertiary alicyclic amines) is 1. The summed E-state index contributed by atoms with van der Waals surface area (Å²) in [6.07, 6.45) is 2.02. The number of benzene rings is 1. The minimum absolute atomic E-state index is 0.0270. The average molecular weight is 367 g/mol. The van der Waals surface area contributed by atoms with Gasteiger partial charge in [0.15, 0.2) is 5.65 Å². The molecule has 0 unspecified atom stereocenters. The summed E-state index contributed by atoms with van der Waals surface area (Å²) in [7, 11) is 0. The van der Waals surface area contributed by atoms with E-state index in [1.54, 1.807) is 4.40 Å². The molecule has 1 aromatic carbocycles. The molecule has 3 aromatic rings. The van der Waals surface area contributed by atoms with E-state index in [0.29, 0.717) is 17.4 Å². The number of hydrogen-bond acceptors (Lipinski definition) is 4. The third kappa shape index (κ3) is 3.11. The summed E-state index contributed by atoms with van der Waals surface area (Å²) < 4.78 is 2.84. The minimum Gasteiger partial charge on any atom is -0.341 e. The van der Waals surface area contributed by atoms with Crippen LogP contribution in [0.2, 0.25) is 0 Å². The van der Waals surface area contributed by atoms with Gasteiger partial charge in [0.2, 0.25) is 5.91 Å². The molecule has 0 atom stereocenters. The molecule has 4 rings (SSSR count). The van der Waals surface area contributed by atoms with Gasteiger partial charge in [-0.05, 0) is 30.9 Å². The number of carbonyl (C=O) groups is 1. The van der Waals surface area contributed by atoms with Gasteiger partial charge in [0, 0.05) is 24.4 Å². The van der Waals surface area contributed by atoms with Crippen molar-refractivity contribution < 1.29 is 4.79 Å². The first-order valence-corrected chi connectivity index (χ1v) is 9.61. The number of rotatable bonds is 3. The first-order valence-electron chi connectivity index (χ1n) is 9.61. The molecule has 0 radical (unpaired) electrons. The Bertz CT molecular complexity index is 1060. The predicted molar refractivity (Wildman–Crippen MR) is 104 cm³/mol. The predicted octanol–water partition coefficient (Wildman–Crippen LogP) is 2.43. The number of aromatic nitrogens is 4. The van der Waals surface area contributed by atoms with E-state index < -0.39 is 0 Å². The van der Waals surface area contributed by atoms with Crippen molar-refractivity contribution in [3.8, 4) is 0 Å². The molecule has 1 saturated heterocycles. The van der Waals surface area contributed by atoms with Gasteiger partial charge in [-0.25, -0.2) is 18.9 Å². The standard InChI is InChI=1S/C20H25N5O2/c1-13(2)18-21-16-7-5-4-6-15(16)19-22-24(20(27)25(18)19)12-17(26)23-10-8-14(3)9-11-23/h4-7,13-14H,8-12H2,1-3H3. The lowest BCUT2D eigenvalue weighted by molar-refractivity contribution is -0.133. The summed E-state index contributed by atoms with van der Waals surface area (Å²) in [6.45, 7) is 7.69. The molecule has 2 aromatic heterocycles. The van der Waals surface area contributed by atoms with E-state index in [-0.39, 0.29) is 24.1 Å². The second-order valence-corrected chi connectivity index (χ2v) is 7.80. The van der Waals surface area contributed by atoms with Gasteiger partial charge >= 0.3 is 5.69 Å². The summed E-state index contributed by atoms with van der Waals surface area (Å²) >= 11 is 0. The Kier molecular flexibility index (Phi) is 4.45. The molecule has 0 aliphatic carbocycles. The van der Waals surface area contributed by atoms with E-state index >= 15 is 0 Å². The van der Waals surface area contributed by atoms with Crippen molar-refractivity contribution in [3.05, 3.63) is 40.6 Å². The highest BCUT2D eigenvalue weighted by atomic mass is 16.2. The summed E-state index contributed by atoms with van der Waals surface area (Å²) in [4.78, 5) is 32.2. The molecule has 7 nitrogen and oxygen atoms in total. The Morgan fingerprint density at radius 1 is 1.22 bits per heavy atom. The van der Waals surface area contributed by atoms with Crippen molar-refractivity contribution in [2.75, 3.05) is 13.1 Å². The number of amides is 1. The van der Waals surface area contributed by atoms with Crippen molar-refractivity contribution in [1.82, 2.24) is 24.1 Å². The lowest BCUT2D eigenvalue weighted by Gasteiger charge is -2.30. The third-order valence-corrected chi connectivity index (χ3v) is 5.39. The minimum atomic E-state index is -0.300. The quantitative estimate of drug-likeness (QED) is 0.713. The van der Waals surface area contributed by atoms with Crippen LogP contribution in [0.3, 0.4) is 0 Å². The molecule has 1 aliphatic rings. The van der Waals surface area contributed by atoms with Crippen LogP contribution >= 0.6 is 0 Å². The maximum atomic E-state index is 13.0. The smallest absolute Gasteiger partial charge is 0.341 e. The molecule has 3 heterocycles. The van der Waals surface area contributed by atoms with E-state index in [9.17, 15) is 9.59 Å². The molecule has 1 fully saturated rings. The topological polar surface area (TPSA) is 72.5 Å². The zero-order chi connectivity index (χ0) is 19.1. The summed E-state index contributed by atoms with van der Waals surface area (Å²) in [6, 6.07) is 7.66. The largest absolute Gasteiger partial charge is 0.352 e. The molecule has 0 spiro atoms. The molecule has 0 saturated carbocycles. The number of piperidine rings is 1. The van der Waals surface area contributed by atoms with Crippen molar-refractivity contribution in [1.29, 1.82) is 0 Å². The first kappa shape index (κ1) is 17.7. The van der Waals surface area contributed by atoms with Gasteiger partial charge in [0.1, 0.15) is 12.4 Å². The number of para-hydroxylation sites is 1. The highest BCUT2D eigenvalue weighted by molar-refractivity contribution is 5.91. The van der Waals surface area contributed by atoms with Crippen molar-refractivity contribution in [3.63, 3.8) is 0 Å². The molecular weight excluding hydrogens is 342 g/mol. The van der Waals surface area contributed by atoms with Gasteiger partial charge in [-0.1, -0.05) is 32.9 Å². The van der Waals surface area contributed by atoms with Crippen molar-refractivity contribution in [2.45, 2.75) is 46.1 Å². The second-order valence-electron chi connectivity index (χ2n) is 7.80. The average Bonchev–Trinajstić information content (AvgIpc) is 2.98. The zero-order valence-electron chi connectivity index (χ0n) is 16.1. The maximum Gasteiger partial charge on any atom is 0.352 e. The lowest BCUT2D eigenvalue weighted by atomic mass is 9.99. The number of nitrogens with zero attached hydrogens (tertiary/aromatic N) is 5. The molecule has 142 valence electrons. The van der Waals surface area contributed by atoms with Gasteiger partial charge < -0.3 is 4.90 Å². The van der Waals surface area contributed by atoms with Crippen molar-refractivity contribution >= 4 is 22.5 Å². The Labute approximate surface area is 157 Å². The highest BCUT2D eigenvalue weighted by Gasteiger charge is 2.23. The Hall–Kier alpha value is -2.70. The van der Waals surface area contributed by atoms with Crippen LogP contribution < -0.4 is 5.69 Å². The van der Waals surface area contributed by atoms with Gasteiger partial charge in [-0.15, -0.1) is 5.10 Å². The van der Waals surface area contributed by atoms with Gasteiger partial charge in [0.25, 0.3) is 0 Å². The zero-order valence-corrected chi connectivity index (χ0v) is 16.1. The monoisotopic (exact) mass is 367 g/mol. The highest BCUT2D eigenvalue weighted by Crippen LogP contribution is 2.21. The van der Waals surface area contributed by atoms with E-state index in [1.807, 2.05) is 43.0 Å². The fourth-order valence-corrected chi connectivity index (χ4v) is 3.70. The van der Waals surface area contributed by atoms with Crippen LogP contribution in [0.1, 0.15) is 45.4 Å². The molecule has 0 bridgehead atoms. The maximum absolute atomic E-state index is 13.0. The van der Waals surface area contributed by atoms with E-state index in [2.05, 4.69) is 17.0 Å². The summed E-state index contributed by atoms with van der Waals surface area (Å²) in [5.41, 5.74) is 1.07. The summed E-state index contributed by atoms with van der Waals surface area (Å²) in [5, 5.41) is 5.33.